The van der Waals surface area contributed by atoms with Gasteiger partial charge in [0, 0.05) is 18.8 Å². The number of hydrogen-bond donors (Lipinski definition) is 2. The minimum absolute atomic E-state index is 0.273. The molecule has 1 heterocycles. The van der Waals surface area contributed by atoms with Crippen molar-refractivity contribution in [1.29, 1.82) is 0 Å². The highest BCUT2D eigenvalue weighted by Gasteiger charge is 2.23. The molecule has 0 aromatic carbocycles. The number of carbonyl (C=O) groups excluding carboxylic acids is 1. The van der Waals surface area contributed by atoms with Gasteiger partial charge in [-0.25, -0.2) is 0 Å². The number of amides is 1. The van der Waals surface area contributed by atoms with Crippen LogP contribution in [0.4, 0.5) is 0 Å². The Hall–Kier alpha value is -1.85. The molecule has 0 aliphatic rings. The van der Waals surface area contributed by atoms with Gasteiger partial charge in [-0.15, -0.1) is 0 Å². The SMILES string of the molecule is CC(C)c1cc(C(=O)NC(C)C(C)C(=O)O)nn1C. The number of carboxylic acid groups (broad SMARTS) is 1. The Bertz CT molecular complexity index is 479. The summed E-state index contributed by atoms with van der Waals surface area (Å²) in [5.41, 5.74) is 1.28. The molecule has 1 rings (SSSR count). The lowest BCUT2D eigenvalue weighted by atomic mass is 10.0. The van der Waals surface area contributed by atoms with E-state index in [9.17, 15) is 9.59 Å². The summed E-state index contributed by atoms with van der Waals surface area (Å²) in [6.07, 6.45) is 0. The highest BCUT2D eigenvalue weighted by Crippen LogP contribution is 2.15. The first-order valence-corrected chi connectivity index (χ1v) is 6.31. The summed E-state index contributed by atoms with van der Waals surface area (Å²) in [6, 6.07) is 1.28. The van der Waals surface area contributed by atoms with Gasteiger partial charge in [0.15, 0.2) is 0 Å². The average Bonchev–Trinajstić information content (AvgIpc) is 2.70. The largest absolute Gasteiger partial charge is 0.481 e. The van der Waals surface area contributed by atoms with E-state index >= 15 is 0 Å². The van der Waals surface area contributed by atoms with Crippen molar-refractivity contribution in [1.82, 2.24) is 15.1 Å². The van der Waals surface area contributed by atoms with Gasteiger partial charge in [-0.1, -0.05) is 13.8 Å². The summed E-state index contributed by atoms with van der Waals surface area (Å²) in [5, 5.41) is 15.7. The van der Waals surface area contributed by atoms with E-state index in [1.807, 2.05) is 13.8 Å². The van der Waals surface area contributed by atoms with Gasteiger partial charge in [0.25, 0.3) is 5.91 Å². The summed E-state index contributed by atoms with van der Waals surface area (Å²) in [7, 11) is 1.79. The van der Waals surface area contributed by atoms with Gasteiger partial charge >= 0.3 is 5.97 Å². The topological polar surface area (TPSA) is 84.2 Å². The summed E-state index contributed by atoms with van der Waals surface area (Å²) in [6.45, 7) is 7.27. The average molecular weight is 267 g/mol. The van der Waals surface area contributed by atoms with Gasteiger partial charge in [0.05, 0.1) is 5.92 Å². The molecule has 6 nitrogen and oxygen atoms in total. The maximum atomic E-state index is 12.0. The van der Waals surface area contributed by atoms with Crippen LogP contribution in [0.25, 0.3) is 0 Å². The van der Waals surface area contributed by atoms with Gasteiger partial charge in [0.1, 0.15) is 5.69 Å². The number of carboxylic acids is 1. The maximum absolute atomic E-state index is 12.0. The molecule has 2 N–H and O–H groups in total. The highest BCUT2D eigenvalue weighted by atomic mass is 16.4. The third kappa shape index (κ3) is 3.56. The Balaban J connectivity index is 2.79. The third-order valence-corrected chi connectivity index (χ3v) is 3.24. The number of aliphatic carboxylic acids is 1. The molecule has 6 heteroatoms. The molecule has 1 aromatic rings. The Morgan fingerprint density at radius 1 is 1.32 bits per heavy atom. The Kier molecular flexibility index (Phi) is 4.69. The molecule has 19 heavy (non-hydrogen) atoms. The number of nitrogens with zero attached hydrogens (tertiary/aromatic N) is 2. The second-order valence-electron chi connectivity index (χ2n) is 5.12. The Morgan fingerprint density at radius 2 is 1.89 bits per heavy atom. The number of carbonyl (C=O) groups is 2. The van der Waals surface area contributed by atoms with Crippen LogP contribution >= 0.6 is 0 Å². The molecule has 0 fully saturated rings. The lowest BCUT2D eigenvalue weighted by Gasteiger charge is -2.16. The van der Waals surface area contributed by atoms with E-state index in [0.29, 0.717) is 5.69 Å². The smallest absolute Gasteiger partial charge is 0.308 e. The first kappa shape index (κ1) is 15.2. The predicted molar refractivity (Wildman–Crippen MR) is 71.0 cm³/mol. The highest BCUT2D eigenvalue weighted by molar-refractivity contribution is 5.92. The van der Waals surface area contributed by atoms with Crippen LogP contribution in [0.15, 0.2) is 6.07 Å². The van der Waals surface area contributed by atoms with E-state index in [2.05, 4.69) is 10.4 Å². The van der Waals surface area contributed by atoms with Crippen molar-refractivity contribution in [3.8, 4) is 0 Å². The van der Waals surface area contributed by atoms with Crippen molar-refractivity contribution in [3.05, 3.63) is 17.5 Å². The molecule has 2 unspecified atom stereocenters. The molecule has 0 aliphatic heterocycles. The molecule has 106 valence electrons. The summed E-state index contributed by atoms with van der Waals surface area (Å²) in [5.74, 6) is -1.65. The zero-order valence-corrected chi connectivity index (χ0v) is 12.0. The lowest BCUT2D eigenvalue weighted by molar-refractivity contribution is -0.141. The zero-order valence-electron chi connectivity index (χ0n) is 12.0. The van der Waals surface area contributed by atoms with Crippen LogP contribution in [0.2, 0.25) is 0 Å². The van der Waals surface area contributed by atoms with E-state index in [-0.39, 0.29) is 11.8 Å². The van der Waals surface area contributed by atoms with Crippen LogP contribution in [0.5, 0.6) is 0 Å². The minimum Gasteiger partial charge on any atom is -0.481 e. The molecule has 0 aliphatic carbocycles. The van der Waals surface area contributed by atoms with Gasteiger partial charge in [-0.2, -0.15) is 5.10 Å². The number of aryl methyl sites for hydroxylation is 1. The van der Waals surface area contributed by atoms with Gasteiger partial charge in [0.2, 0.25) is 0 Å². The Labute approximate surface area is 112 Å². The molecule has 0 saturated heterocycles. The fourth-order valence-corrected chi connectivity index (χ4v) is 1.75. The van der Waals surface area contributed by atoms with Crippen molar-refractivity contribution in [3.63, 3.8) is 0 Å². The van der Waals surface area contributed by atoms with E-state index in [1.165, 1.54) is 0 Å². The molecular formula is C13H21N3O3. The van der Waals surface area contributed by atoms with Gasteiger partial charge in [-0.3, -0.25) is 14.3 Å². The minimum atomic E-state index is -0.934. The molecule has 1 amide bonds. The second kappa shape index (κ2) is 5.86. The van der Waals surface area contributed by atoms with Crippen LogP contribution in [0.3, 0.4) is 0 Å². The van der Waals surface area contributed by atoms with Crippen LogP contribution in [-0.2, 0) is 11.8 Å². The van der Waals surface area contributed by atoms with Crippen molar-refractivity contribution in [2.75, 3.05) is 0 Å². The van der Waals surface area contributed by atoms with E-state index in [4.69, 9.17) is 5.11 Å². The number of rotatable bonds is 5. The quantitative estimate of drug-likeness (QED) is 0.844. The van der Waals surface area contributed by atoms with Crippen molar-refractivity contribution in [2.24, 2.45) is 13.0 Å². The molecule has 0 saturated carbocycles. The van der Waals surface area contributed by atoms with E-state index < -0.39 is 17.9 Å². The summed E-state index contributed by atoms with van der Waals surface area (Å²) < 4.78 is 1.67. The van der Waals surface area contributed by atoms with Crippen LogP contribution in [0, 0.1) is 5.92 Å². The van der Waals surface area contributed by atoms with Gasteiger partial charge in [-0.05, 0) is 25.8 Å². The molecule has 0 radical (unpaired) electrons. The fraction of sp³-hybridized carbons (Fsp3) is 0.615. The normalized spacial score (nSPS) is 14.2. The zero-order chi connectivity index (χ0) is 14.7. The molecule has 0 bridgehead atoms. The molecule has 2 atom stereocenters. The third-order valence-electron chi connectivity index (χ3n) is 3.24. The standard InChI is InChI=1S/C13H21N3O3/c1-7(2)11-6-10(15-16(11)5)12(17)14-9(4)8(3)13(18)19/h6-9H,1-5H3,(H,14,17)(H,18,19). The maximum Gasteiger partial charge on any atom is 0.308 e. The number of nitrogens with one attached hydrogen (secondary N) is 1. The van der Waals surface area contributed by atoms with E-state index in [0.717, 1.165) is 5.69 Å². The number of hydrogen-bond acceptors (Lipinski definition) is 3. The van der Waals surface area contributed by atoms with Gasteiger partial charge < -0.3 is 10.4 Å². The molecular weight excluding hydrogens is 246 g/mol. The first-order chi connectivity index (χ1) is 8.73. The molecule has 0 spiro atoms. The first-order valence-electron chi connectivity index (χ1n) is 6.31. The van der Waals surface area contributed by atoms with Crippen molar-refractivity contribution >= 4 is 11.9 Å². The Morgan fingerprint density at radius 3 is 2.32 bits per heavy atom. The lowest BCUT2D eigenvalue weighted by Crippen LogP contribution is -2.40. The van der Waals surface area contributed by atoms with Crippen LogP contribution < -0.4 is 5.32 Å². The fourth-order valence-electron chi connectivity index (χ4n) is 1.75. The predicted octanol–water partition coefficient (Wildman–Crippen LogP) is 1.38. The van der Waals surface area contributed by atoms with Crippen LogP contribution in [0.1, 0.15) is 49.8 Å². The van der Waals surface area contributed by atoms with E-state index in [1.54, 1.807) is 31.6 Å². The van der Waals surface area contributed by atoms with Crippen molar-refractivity contribution < 1.29 is 14.7 Å². The monoisotopic (exact) mass is 267 g/mol. The molecule has 1 aromatic heterocycles. The summed E-state index contributed by atoms with van der Waals surface area (Å²) >= 11 is 0. The summed E-state index contributed by atoms with van der Waals surface area (Å²) in [4.78, 5) is 22.8. The van der Waals surface area contributed by atoms with Crippen molar-refractivity contribution in [2.45, 2.75) is 39.7 Å². The number of aromatic nitrogens is 2. The second-order valence-corrected chi connectivity index (χ2v) is 5.12. The van der Waals surface area contributed by atoms with Crippen LogP contribution in [-0.4, -0.2) is 32.8 Å².